The molecule has 0 spiro atoms. The average molecular weight is 199 g/mol. The number of alkyl halides is 1. The van der Waals surface area contributed by atoms with E-state index in [1.165, 1.54) is 14.2 Å². The summed E-state index contributed by atoms with van der Waals surface area (Å²) in [5.74, 6) is 0.572. The first-order valence-corrected chi connectivity index (χ1v) is 4.30. The lowest BCUT2D eigenvalue weighted by molar-refractivity contribution is 0.0863. The van der Waals surface area contributed by atoms with Gasteiger partial charge in [-0.05, 0) is 11.6 Å². The van der Waals surface area contributed by atoms with Crippen molar-refractivity contribution in [3.05, 3.63) is 29.3 Å². The summed E-state index contributed by atoms with van der Waals surface area (Å²) in [5, 5.41) is 0. The maximum atomic E-state index is 12.7. The largest absolute Gasteiger partial charge is 0.496 e. The van der Waals surface area contributed by atoms with Crippen molar-refractivity contribution in [1.82, 2.24) is 5.48 Å². The summed E-state index contributed by atoms with van der Waals surface area (Å²) >= 11 is 0. The van der Waals surface area contributed by atoms with Crippen LogP contribution in [0.2, 0.25) is 0 Å². The predicted octanol–water partition coefficient (Wildman–Crippen LogP) is 1.82. The van der Waals surface area contributed by atoms with E-state index >= 15 is 0 Å². The number of benzene rings is 1. The van der Waals surface area contributed by atoms with E-state index in [1.54, 1.807) is 6.07 Å². The van der Waals surface area contributed by atoms with E-state index in [2.05, 4.69) is 5.48 Å². The lowest BCUT2D eigenvalue weighted by atomic mass is 10.1. The molecule has 0 unspecified atom stereocenters. The second-order valence-electron chi connectivity index (χ2n) is 2.76. The molecule has 78 valence electrons. The van der Waals surface area contributed by atoms with Crippen molar-refractivity contribution < 1.29 is 14.0 Å². The smallest absolute Gasteiger partial charge is 0.125 e. The molecule has 14 heavy (non-hydrogen) atoms. The Bertz CT molecular complexity index is 291. The molecule has 0 aromatic heterocycles. The van der Waals surface area contributed by atoms with E-state index < -0.39 is 6.67 Å². The van der Waals surface area contributed by atoms with Crippen molar-refractivity contribution in [2.24, 2.45) is 0 Å². The fourth-order valence-corrected chi connectivity index (χ4v) is 1.27. The maximum absolute atomic E-state index is 12.7. The lowest BCUT2D eigenvalue weighted by Gasteiger charge is -2.10. The van der Waals surface area contributed by atoms with Crippen LogP contribution >= 0.6 is 0 Å². The van der Waals surface area contributed by atoms with Crippen LogP contribution in [-0.2, 0) is 18.1 Å². The molecule has 0 heterocycles. The fraction of sp³-hybridized carbons (Fsp3) is 0.400. The SMILES string of the molecule is CONCc1cccc(OC)c1CF. The Morgan fingerprint density at radius 1 is 1.36 bits per heavy atom. The van der Waals surface area contributed by atoms with E-state index in [4.69, 9.17) is 9.57 Å². The maximum Gasteiger partial charge on any atom is 0.125 e. The number of ether oxygens (including phenoxy) is 1. The highest BCUT2D eigenvalue weighted by molar-refractivity contribution is 5.39. The number of nitrogens with one attached hydrogen (secondary N) is 1. The molecule has 0 saturated carbocycles. The molecule has 3 nitrogen and oxygen atoms in total. The van der Waals surface area contributed by atoms with Gasteiger partial charge in [0.1, 0.15) is 12.4 Å². The summed E-state index contributed by atoms with van der Waals surface area (Å²) in [4.78, 5) is 4.71. The van der Waals surface area contributed by atoms with Gasteiger partial charge < -0.3 is 9.57 Å². The molecule has 0 radical (unpaired) electrons. The topological polar surface area (TPSA) is 30.5 Å². The molecule has 0 aliphatic rings. The first kappa shape index (κ1) is 10.9. The Hall–Kier alpha value is -1.13. The van der Waals surface area contributed by atoms with E-state index in [0.29, 0.717) is 17.9 Å². The Morgan fingerprint density at radius 2 is 2.14 bits per heavy atom. The quantitative estimate of drug-likeness (QED) is 0.734. The summed E-state index contributed by atoms with van der Waals surface area (Å²) in [6.07, 6.45) is 0. The third kappa shape index (κ3) is 2.43. The van der Waals surface area contributed by atoms with Crippen LogP contribution in [0.1, 0.15) is 11.1 Å². The van der Waals surface area contributed by atoms with Gasteiger partial charge in [-0.2, -0.15) is 5.48 Å². The summed E-state index contributed by atoms with van der Waals surface area (Å²) in [5.41, 5.74) is 4.08. The number of hydrogen-bond acceptors (Lipinski definition) is 3. The van der Waals surface area contributed by atoms with Crippen LogP contribution in [0.15, 0.2) is 18.2 Å². The molecule has 0 amide bonds. The van der Waals surface area contributed by atoms with Crippen LogP contribution in [0.4, 0.5) is 4.39 Å². The summed E-state index contributed by atoms with van der Waals surface area (Å²) in [6, 6.07) is 5.40. The molecular weight excluding hydrogens is 185 g/mol. The Kier molecular flexibility index (Phi) is 4.35. The van der Waals surface area contributed by atoms with Crippen molar-refractivity contribution >= 4 is 0 Å². The minimum Gasteiger partial charge on any atom is -0.496 e. The molecule has 0 saturated heterocycles. The second-order valence-corrected chi connectivity index (χ2v) is 2.76. The molecule has 1 aromatic carbocycles. The average Bonchev–Trinajstić information content (AvgIpc) is 2.25. The third-order valence-electron chi connectivity index (χ3n) is 1.99. The summed E-state index contributed by atoms with van der Waals surface area (Å²) in [6.45, 7) is -0.0717. The van der Waals surface area contributed by atoms with E-state index in [0.717, 1.165) is 5.56 Å². The zero-order chi connectivity index (χ0) is 10.4. The van der Waals surface area contributed by atoms with Gasteiger partial charge >= 0.3 is 0 Å². The highest BCUT2D eigenvalue weighted by Gasteiger charge is 2.07. The summed E-state index contributed by atoms with van der Waals surface area (Å²) in [7, 11) is 3.05. The van der Waals surface area contributed by atoms with Crippen LogP contribution in [0.25, 0.3) is 0 Å². The number of rotatable bonds is 5. The standard InChI is InChI=1S/C10H14FNO2/c1-13-10-5-3-4-8(7-12-14-2)9(10)6-11/h3-5,12H,6-7H2,1-2H3. The van der Waals surface area contributed by atoms with Gasteiger partial charge in [-0.25, -0.2) is 4.39 Å². The molecule has 0 atom stereocenters. The van der Waals surface area contributed by atoms with Crippen molar-refractivity contribution in [2.75, 3.05) is 14.2 Å². The monoisotopic (exact) mass is 199 g/mol. The van der Waals surface area contributed by atoms with Gasteiger partial charge in [0.25, 0.3) is 0 Å². The molecular formula is C10H14FNO2. The van der Waals surface area contributed by atoms with Gasteiger partial charge in [0.15, 0.2) is 0 Å². The number of hydroxylamine groups is 1. The minimum atomic E-state index is -0.537. The molecule has 4 heteroatoms. The van der Waals surface area contributed by atoms with Gasteiger partial charge in [-0.1, -0.05) is 12.1 Å². The molecule has 0 fully saturated rings. The van der Waals surface area contributed by atoms with E-state index in [1.807, 2.05) is 12.1 Å². The molecule has 0 aliphatic heterocycles. The predicted molar refractivity (Wildman–Crippen MR) is 51.7 cm³/mol. The first-order valence-electron chi connectivity index (χ1n) is 4.30. The minimum absolute atomic E-state index is 0.465. The second kappa shape index (κ2) is 5.57. The molecule has 1 rings (SSSR count). The van der Waals surface area contributed by atoms with Crippen LogP contribution in [-0.4, -0.2) is 14.2 Å². The molecule has 0 aliphatic carbocycles. The van der Waals surface area contributed by atoms with Crippen LogP contribution in [0.5, 0.6) is 5.75 Å². The van der Waals surface area contributed by atoms with Crippen LogP contribution in [0, 0.1) is 0 Å². The van der Waals surface area contributed by atoms with Gasteiger partial charge in [-0.15, -0.1) is 0 Å². The lowest BCUT2D eigenvalue weighted by Crippen LogP contribution is -2.12. The molecule has 0 bridgehead atoms. The van der Waals surface area contributed by atoms with Crippen molar-refractivity contribution in [1.29, 1.82) is 0 Å². The van der Waals surface area contributed by atoms with E-state index in [-0.39, 0.29) is 0 Å². The van der Waals surface area contributed by atoms with Crippen LogP contribution in [0.3, 0.4) is 0 Å². The van der Waals surface area contributed by atoms with Gasteiger partial charge in [0.05, 0.1) is 14.2 Å². The third-order valence-corrected chi connectivity index (χ3v) is 1.99. The Balaban J connectivity index is 2.90. The summed E-state index contributed by atoms with van der Waals surface area (Å²) < 4.78 is 17.8. The number of hydrogen-bond donors (Lipinski definition) is 1. The van der Waals surface area contributed by atoms with Crippen molar-refractivity contribution in [2.45, 2.75) is 13.2 Å². The van der Waals surface area contributed by atoms with Crippen molar-refractivity contribution in [3.8, 4) is 5.75 Å². The van der Waals surface area contributed by atoms with E-state index in [9.17, 15) is 4.39 Å². The zero-order valence-corrected chi connectivity index (χ0v) is 8.34. The number of halogens is 1. The highest BCUT2D eigenvalue weighted by atomic mass is 19.1. The molecule has 1 N–H and O–H groups in total. The van der Waals surface area contributed by atoms with Gasteiger partial charge in [-0.3, -0.25) is 0 Å². The fourth-order valence-electron chi connectivity index (χ4n) is 1.27. The Labute approximate surface area is 82.8 Å². The first-order chi connectivity index (χ1) is 6.83. The number of methoxy groups -OCH3 is 1. The van der Waals surface area contributed by atoms with Crippen molar-refractivity contribution in [3.63, 3.8) is 0 Å². The molecule has 1 aromatic rings. The van der Waals surface area contributed by atoms with Gasteiger partial charge in [0, 0.05) is 12.1 Å². The normalized spacial score (nSPS) is 10.2. The zero-order valence-electron chi connectivity index (χ0n) is 8.34. The highest BCUT2D eigenvalue weighted by Crippen LogP contribution is 2.23. The van der Waals surface area contributed by atoms with Gasteiger partial charge in [0.2, 0.25) is 0 Å². The Morgan fingerprint density at radius 3 is 2.71 bits per heavy atom. The van der Waals surface area contributed by atoms with Crippen LogP contribution < -0.4 is 10.2 Å².